The molecule has 1 fully saturated rings. The van der Waals surface area contributed by atoms with E-state index in [4.69, 9.17) is 14.2 Å². The fourth-order valence-corrected chi connectivity index (χ4v) is 3.16. The number of benzene rings is 1. The number of nitrogens with zero attached hydrogens (tertiary/aromatic N) is 1. The Bertz CT molecular complexity index is 634. The first-order valence-electron chi connectivity index (χ1n) is 8.70. The Kier molecular flexibility index (Phi) is 5.75. The van der Waals surface area contributed by atoms with Gasteiger partial charge in [-0.15, -0.1) is 0 Å². The summed E-state index contributed by atoms with van der Waals surface area (Å²) in [6.45, 7) is 4.57. The molecule has 0 radical (unpaired) electrons. The van der Waals surface area contributed by atoms with E-state index in [1.807, 2.05) is 30.0 Å². The third-order valence-electron chi connectivity index (χ3n) is 4.42. The number of ether oxygens (including phenoxy) is 3. The summed E-state index contributed by atoms with van der Waals surface area (Å²) in [5.74, 6) is 1.10. The molecule has 2 heterocycles. The van der Waals surface area contributed by atoms with Gasteiger partial charge in [-0.1, -0.05) is 6.07 Å². The minimum absolute atomic E-state index is 0.0535. The van der Waals surface area contributed by atoms with Crippen molar-refractivity contribution in [2.75, 3.05) is 33.0 Å². The van der Waals surface area contributed by atoms with E-state index in [-0.39, 0.29) is 24.6 Å². The summed E-state index contributed by atoms with van der Waals surface area (Å²) in [5.41, 5.74) is 0.959. The van der Waals surface area contributed by atoms with Crippen LogP contribution < -0.4 is 14.8 Å². The lowest BCUT2D eigenvalue weighted by molar-refractivity contribution is -0.150. The topological polar surface area (TPSA) is 77.1 Å². The summed E-state index contributed by atoms with van der Waals surface area (Å²) in [4.78, 5) is 26.1. The van der Waals surface area contributed by atoms with Crippen molar-refractivity contribution < 1.29 is 23.8 Å². The molecule has 1 atom stereocenters. The molecule has 1 aromatic rings. The monoisotopic (exact) mass is 348 g/mol. The van der Waals surface area contributed by atoms with Crippen molar-refractivity contribution in [1.29, 1.82) is 0 Å². The predicted octanol–water partition coefficient (Wildman–Crippen LogP) is 1.31. The SMILES string of the molecule is CCOC(=O)C1CCCN(CC(=O)NCc2ccc3c(c2)OCO3)C1. The highest BCUT2D eigenvalue weighted by Gasteiger charge is 2.27. The van der Waals surface area contributed by atoms with Crippen molar-refractivity contribution in [3.63, 3.8) is 0 Å². The highest BCUT2D eigenvalue weighted by Crippen LogP contribution is 2.32. The summed E-state index contributed by atoms with van der Waals surface area (Å²) < 4.78 is 15.7. The molecule has 2 aliphatic heterocycles. The van der Waals surface area contributed by atoms with Gasteiger partial charge in [-0.2, -0.15) is 0 Å². The first-order valence-corrected chi connectivity index (χ1v) is 8.70. The molecular weight excluding hydrogens is 324 g/mol. The average Bonchev–Trinajstić information content (AvgIpc) is 3.08. The van der Waals surface area contributed by atoms with E-state index >= 15 is 0 Å². The highest BCUT2D eigenvalue weighted by atomic mass is 16.7. The maximum absolute atomic E-state index is 12.2. The Morgan fingerprint density at radius 3 is 3.00 bits per heavy atom. The van der Waals surface area contributed by atoms with Crippen LogP contribution in [0.4, 0.5) is 0 Å². The zero-order valence-electron chi connectivity index (χ0n) is 14.5. The fraction of sp³-hybridized carbons (Fsp3) is 0.556. The molecule has 2 aliphatic rings. The minimum Gasteiger partial charge on any atom is -0.466 e. The lowest BCUT2D eigenvalue weighted by Gasteiger charge is -2.30. The van der Waals surface area contributed by atoms with E-state index in [9.17, 15) is 9.59 Å². The number of esters is 1. The quantitative estimate of drug-likeness (QED) is 0.781. The molecule has 7 heteroatoms. The van der Waals surface area contributed by atoms with Crippen LogP contribution >= 0.6 is 0 Å². The summed E-state index contributed by atoms with van der Waals surface area (Å²) in [7, 11) is 0. The highest BCUT2D eigenvalue weighted by molar-refractivity contribution is 5.78. The predicted molar refractivity (Wildman–Crippen MR) is 90.2 cm³/mol. The Labute approximate surface area is 147 Å². The number of carbonyl (C=O) groups excluding carboxylic acids is 2. The van der Waals surface area contributed by atoms with Gasteiger partial charge in [0.2, 0.25) is 12.7 Å². The van der Waals surface area contributed by atoms with Crippen molar-refractivity contribution >= 4 is 11.9 Å². The normalized spacial score (nSPS) is 19.5. The van der Waals surface area contributed by atoms with Gasteiger partial charge in [-0.3, -0.25) is 14.5 Å². The van der Waals surface area contributed by atoms with Crippen LogP contribution in [0.2, 0.25) is 0 Å². The number of fused-ring (bicyclic) bond motifs is 1. The van der Waals surface area contributed by atoms with Gasteiger partial charge in [-0.05, 0) is 44.0 Å². The molecule has 0 bridgehead atoms. The number of hydrogen-bond donors (Lipinski definition) is 1. The minimum atomic E-state index is -0.159. The largest absolute Gasteiger partial charge is 0.466 e. The van der Waals surface area contributed by atoms with Crippen LogP contribution in [0.1, 0.15) is 25.3 Å². The van der Waals surface area contributed by atoms with E-state index in [2.05, 4.69) is 5.32 Å². The zero-order chi connectivity index (χ0) is 17.6. The lowest BCUT2D eigenvalue weighted by Crippen LogP contribution is -2.44. The summed E-state index contributed by atoms with van der Waals surface area (Å²) in [6, 6.07) is 5.63. The van der Waals surface area contributed by atoms with E-state index in [1.54, 1.807) is 0 Å². The molecule has 3 rings (SSSR count). The second-order valence-corrected chi connectivity index (χ2v) is 6.29. The van der Waals surface area contributed by atoms with Crippen molar-refractivity contribution in [1.82, 2.24) is 10.2 Å². The van der Waals surface area contributed by atoms with Crippen molar-refractivity contribution in [2.24, 2.45) is 5.92 Å². The van der Waals surface area contributed by atoms with Gasteiger partial charge in [0.25, 0.3) is 0 Å². The number of nitrogens with one attached hydrogen (secondary N) is 1. The molecule has 1 aromatic carbocycles. The fourth-order valence-electron chi connectivity index (χ4n) is 3.16. The second kappa shape index (κ2) is 8.20. The van der Waals surface area contributed by atoms with E-state index in [0.29, 0.717) is 32.0 Å². The Morgan fingerprint density at radius 2 is 2.16 bits per heavy atom. The van der Waals surface area contributed by atoms with Gasteiger partial charge in [0, 0.05) is 13.1 Å². The Morgan fingerprint density at radius 1 is 1.32 bits per heavy atom. The van der Waals surface area contributed by atoms with Gasteiger partial charge < -0.3 is 19.5 Å². The molecule has 136 valence electrons. The number of hydrogen-bond acceptors (Lipinski definition) is 6. The molecule has 1 amide bonds. The Balaban J connectivity index is 1.45. The van der Waals surface area contributed by atoms with Gasteiger partial charge >= 0.3 is 5.97 Å². The van der Waals surface area contributed by atoms with Gasteiger partial charge in [0.1, 0.15) is 0 Å². The number of piperidine rings is 1. The zero-order valence-corrected chi connectivity index (χ0v) is 14.5. The van der Waals surface area contributed by atoms with Gasteiger partial charge in [0.05, 0.1) is 19.1 Å². The third kappa shape index (κ3) is 4.63. The smallest absolute Gasteiger partial charge is 0.310 e. The van der Waals surface area contributed by atoms with Crippen molar-refractivity contribution in [3.8, 4) is 11.5 Å². The van der Waals surface area contributed by atoms with Gasteiger partial charge in [-0.25, -0.2) is 0 Å². The van der Waals surface area contributed by atoms with Crippen LogP contribution in [-0.2, 0) is 20.9 Å². The van der Waals surface area contributed by atoms with Crippen LogP contribution in [-0.4, -0.2) is 49.8 Å². The maximum atomic E-state index is 12.2. The first kappa shape index (κ1) is 17.5. The van der Waals surface area contributed by atoms with Crippen LogP contribution in [0.5, 0.6) is 11.5 Å². The average molecular weight is 348 g/mol. The number of carbonyl (C=O) groups is 2. The second-order valence-electron chi connectivity index (χ2n) is 6.29. The molecular formula is C18H24N2O5. The molecule has 0 saturated carbocycles. The van der Waals surface area contributed by atoms with Crippen LogP contribution in [0.15, 0.2) is 18.2 Å². The maximum Gasteiger partial charge on any atom is 0.310 e. The third-order valence-corrected chi connectivity index (χ3v) is 4.42. The molecule has 7 nitrogen and oxygen atoms in total. The molecule has 0 spiro atoms. The molecule has 1 saturated heterocycles. The van der Waals surface area contributed by atoms with E-state index in [0.717, 1.165) is 30.7 Å². The van der Waals surface area contributed by atoms with E-state index < -0.39 is 0 Å². The molecule has 0 aliphatic carbocycles. The van der Waals surface area contributed by atoms with Gasteiger partial charge in [0.15, 0.2) is 11.5 Å². The van der Waals surface area contributed by atoms with Crippen molar-refractivity contribution in [2.45, 2.75) is 26.3 Å². The standard InChI is InChI=1S/C18H24N2O5/c1-2-23-18(22)14-4-3-7-20(10-14)11-17(21)19-9-13-5-6-15-16(8-13)25-12-24-15/h5-6,8,14H,2-4,7,9-12H2,1H3,(H,19,21). The Hall–Kier alpha value is -2.28. The number of rotatable bonds is 6. The summed E-state index contributed by atoms with van der Waals surface area (Å²) >= 11 is 0. The number of amides is 1. The van der Waals surface area contributed by atoms with Crippen LogP contribution in [0, 0.1) is 5.92 Å². The molecule has 25 heavy (non-hydrogen) atoms. The molecule has 1 N–H and O–H groups in total. The summed E-state index contributed by atoms with van der Waals surface area (Å²) in [5, 5.41) is 2.91. The van der Waals surface area contributed by atoms with Crippen molar-refractivity contribution in [3.05, 3.63) is 23.8 Å². The van der Waals surface area contributed by atoms with E-state index in [1.165, 1.54) is 0 Å². The molecule has 1 unspecified atom stereocenters. The van der Waals surface area contributed by atoms with Crippen LogP contribution in [0.3, 0.4) is 0 Å². The van der Waals surface area contributed by atoms with Crippen LogP contribution in [0.25, 0.3) is 0 Å². The summed E-state index contributed by atoms with van der Waals surface area (Å²) in [6.07, 6.45) is 1.73. The number of likely N-dealkylation sites (tertiary alicyclic amines) is 1. The first-order chi connectivity index (χ1) is 12.2. The molecule has 0 aromatic heterocycles. The lowest BCUT2D eigenvalue weighted by atomic mass is 9.98.